The number of rotatable bonds is 5. The maximum Gasteiger partial charge on any atom is 0.255 e. The SMILES string of the molecule is C=CCC(C=CF)n1cc(C(=O)Cl)cn1. The third kappa shape index (κ3) is 3.02. The molecule has 80 valence electrons. The van der Waals surface area contributed by atoms with Crippen molar-refractivity contribution in [1.82, 2.24) is 9.78 Å². The molecule has 0 aliphatic carbocycles. The number of hydrogen-bond acceptors (Lipinski definition) is 2. The molecular weight excluding hydrogens is 219 g/mol. The van der Waals surface area contributed by atoms with Crippen LogP contribution >= 0.6 is 11.6 Å². The number of nitrogens with zero attached hydrogens (tertiary/aromatic N) is 2. The Morgan fingerprint density at radius 1 is 1.80 bits per heavy atom. The lowest BCUT2D eigenvalue weighted by molar-refractivity contribution is 0.108. The third-order valence-corrected chi connectivity index (χ3v) is 2.09. The highest BCUT2D eigenvalue weighted by Gasteiger charge is 2.10. The summed E-state index contributed by atoms with van der Waals surface area (Å²) in [5.41, 5.74) is 0.290. The lowest BCUT2D eigenvalue weighted by Crippen LogP contribution is -2.05. The lowest BCUT2D eigenvalue weighted by atomic mass is 10.2. The fourth-order valence-corrected chi connectivity index (χ4v) is 1.25. The zero-order valence-corrected chi connectivity index (χ0v) is 8.69. The third-order valence-electron chi connectivity index (χ3n) is 1.87. The molecule has 0 aliphatic rings. The topological polar surface area (TPSA) is 34.9 Å². The molecular formula is C10H10ClFN2O. The van der Waals surface area contributed by atoms with Crippen LogP contribution in [0.4, 0.5) is 4.39 Å². The van der Waals surface area contributed by atoms with Crippen molar-refractivity contribution in [3.63, 3.8) is 0 Å². The van der Waals surface area contributed by atoms with E-state index in [2.05, 4.69) is 11.7 Å². The number of carbonyl (C=O) groups is 1. The highest BCUT2D eigenvalue weighted by Crippen LogP contribution is 2.14. The number of aromatic nitrogens is 2. The summed E-state index contributed by atoms with van der Waals surface area (Å²) >= 11 is 5.27. The fraction of sp³-hybridized carbons (Fsp3) is 0.200. The van der Waals surface area contributed by atoms with Crippen LogP contribution in [0, 0.1) is 0 Å². The minimum atomic E-state index is -0.581. The van der Waals surface area contributed by atoms with E-state index in [4.69, 9.17) is 11.6 Å². The van der Waals surface area contributed by atoms with Crippen LogP contribution in [0.25, 0.3) is 0 Å². The number of hydrogen-bond donors (Lipinski definition) is 0. The van der Waals surface area contributed by atoms with E-state index in [0.717, 1.165) is 0 Å². The maximum atomic E-state index is 12.1. The average Bonchev–Trinajstić information content (AvgIpc) is 2.66. The molecule has 5 heteroatoms. The molecule has 0 saturated heterocycles. The van der Waals surface area contributed by atoms with Gasteiger partial charge in [0.2, 0.25) is 0 Å². The predicted molar refractivity (Wildman–Crippen MR) is 56.5 cm³/mol. The largest absolute Gasteiger partial charge is 0.275 e. The van der Waals surface area contributed by atoms with E-state index in [0.29, 0.717) is 12.8 Å². The molecule has 1 atom stereocenters. The first-order valence-corrected chi connectivity index (χ1v) is 4.68. The van der Waals surface area contributed by atoms with E-state index in [1.807, 2.05) is 0 Å². The summed E-state index contributed by atoms with van der Waals surface area (Å²) in [4.78, 5) is 10.8. The molecule has 0 N–H and O–H groups in total. The first-order chi connectivity index (χ1) is 7.19. The molecule has 0 radical (unpaired) electrons. The van der Waals surface area contributed by atoms with E-state index < -0.39 is 5.24 Å². The first-order valence-electron chi connectivity index (χ1n) is 4.30. The second kappa shape index (κ2) is 5.46. The summed E-state index contributed by atoms with van der Waals surface area (Å²) in [5.74, 6) is 0. The van der Waals surface area contributed by atoms with Gasteiger partial charge in [0.25, 0.3) is 5.24 Å². The van der Waals surface area contributed by atoms with Crippen LogP contribution in [0.3, 0.4) is 0 Å². The van der Waals surface area contributed by atoms with Crippen molar-refractivity contribution in [2.24, 2.45) is 0 Å². The molecule has 0 fully saturated rings. The van der Waals surface area contributed by atoms with Crippen LogP contribution in [0.15, 0.2) is 37.5 Å². The highest BCUT2D eigenvalue weighted by atomic mass is 35.5. The van der Waals surface area contributed by atoms with Crippen LogP contribution < -0.4 is 0 Å². The number of allylic oxidation sites excluding steroid dienone is 2. The standard InChI is InChI=1S/C10H10ClFN2O/c1-2-3-9(4-5-12)14-7-8(6-13-14)10(11)15/h2,4-7,9H,1,3H2. The van der Waals surface area contributed by atoms with E-state index in [9.17, 15) is 9.18 Å². The van der Waals surface area contributed by atoms with Crippen molar-refractivity contribution in [2.45, 2.75) is 12.5 Å². The van der Waals surface area contributed by atoms with Gasteiger partial charge in [-0.05, 0) is 24.1 Å². The van der Waals surface area contributed by atoms with Gasteiger partial charge in [-0.25, -0.2) is 4.39 Å². The van der Waals surface area contributed by atoms with Gasteiger partial charge in [-0.1, -0.05) is 6.08 Å². The van der Waals surface area contributed by atoms with Crippen molar-refractivity contribution in [2.75, 3.05) is 0 Å². The van der Waals surface area contributed by atoms with Crippen molar-refractivity contribution in [3.8, 4) is 0 Å². The maximum absolute atomic E-state index is 12.1. The number of halogens is 2. The van der Waals surface area contributed by atoms with Crippen molar-refractivity contribution in [1.29, 1.82) is 0 Å². The van der Waals surface area contributed by atoms with Gasteiger partial charge in [0.05, 0.1) is 24.1 Å². The fourth-order valence-electron chi connectivity index (χ4n) is 1.15. The molecule has 1 aromatic heterocycles. The molecule has 15 heavy (non-hydrogen) atoms. The molecule has 0 saturated carbocycles. The molecule has 1 heterocycles. The predicted octanol–water partition coefficient (Wildman–Crippen LogP) is 2.86. The van der Waals surface area contributed by atoms with E-state index in [1.165, 1.54) is 23.2 Å². The smallest absolute Gasteiger partial charge is 0.255 e. The summed E-state index contributed by atoms with van der Waals surface area (Å²) in [6, 6.07) is -0.280. The molecule has 0 amide bonds. The van der Waals surface area contributed by atoms with Crippen molar-refractivity contribution in [3.05, 3.63) is 43.0 Å². The van der Waals surface area contributed by atoms with Crippen molar-refractivity contribution < 1.29 is 9.18 Å². The van der Waals surface area contributed by atoms with Gasteiger partial charge < -0.3 is 0 Å². The van der Waals surface area contributed by atoms with Crippen LogP contribution in [0.5, 0.6) is 0 Å². The minimum absolute atomic E-state index is 0.280. The minimum Gasteiger partial charge on any atom is -0.275 e. The van der Waals surface area contributed by atoms with Crippen LogP contribution in [0.1, 0.15) is 22.8 Å². The van der Waals surface area contributed by atoms with E-state index >= 15 is 0 Å². The lowest BCUT2D eigenvalue weighted by Gasteiger charge is -2.09. The van der Waals surface area contributed by atoms with Crippen LogP contribution in [-0.2, 0) is 0 Å². The highest BCUT2D eigenvalue weighted by molar-refractivity contribution is 6.67. The first kappa shape index (κ1) is 11.7. The van der Waals surface area contributed by atoms with Crippen LogP contribution in [0.2, 0.25) is 0 Å². The summed E-state index contributed by atoms with van der Waals surface area (Å²) in [7, 11) is 0. The Morgan fingerprint density at radius 3 is 3.00 bits per heavy atom. The zero-order valence-electron chi connectivity index (χ0n) is 7.94. The van der Waals surface area contributed by atoms with Gasteiger partial charge in [0, 0.05) is 6.20 Å². The molecule has 0 aromatic carbocycles. The van der Waals surface area contributed by atoms with Gasteiger partial charge in [-0.2, -0.15) is 5.10 Å². The molecule has 1 unspecified atom stereocenters. The van der Waals surface area contributed by atoms with E-state index in [-0.39, 0.29) is 11.6 Å². The Balaban J connectivity index is 2.90. The quantitative estimate of drug-likeness (QED) is 0.574. The Kier molecular flexibility index (Phi) is 4.24. The van der Waals surface area contributed by atoms with Crippen LogP contribution in [-0.4, -0.2) is 15.0 Å². The summed E-state index contributed by atoms with van der Waals surface area (Å²) < 4.78 is 13.5. The zero-order chi connectivity index (χ0) is 11.3. The summed E-state index contributed by atoms with van der Waals surface area (Å²) in [5, 5.41) is 3.34. The molecule has 3 nitrogen and oxygen atoms in total. The average molecular weight is 229 g/mol. The summed E-state index contributed by atoms with van der Waals surface area (Å²) in [6.07, 6.45) is 6.77. The Bertz CT molecular complexity index is 387. The Morgan fingerprint density at radius 2 is 2.53 bits per heavy atom. The molecule has 0 bridgehead atoms. The van der Waals surface area contributed by atoms with Gasteiger partial charge in [-0.15, -0.1) is 6.58 Å². The summed E-state index contributed by atoms with van der Waals surface area (Å²) in [6.45, 7) is 3.56. The molecule has 0 spiro atoms. The Labute approximate surface area is 91.8 Å². The molecule has 1 rings (SSSR count). The number of carbonyl (C=O) groups excluding carboxylic acids is 1. The molecule has 1 aromatic rings. The Hall–Kier alpha value is -1.42. The van der Waals surface area contributed by atoms with Gasteiger partial charge >= 0.3 is 0 Å². The van der Waals surface area contributed by atoms with Gasteiger partial charge in [0.15, 0.2) is 0 Å². The van der Waals surface area contributed by atoms with Gasteiger partial charge in [-0.3, -0.25) is 9.48 Å². The van der Waals surface area contributed by atoms with Crippen molar-refractivity contribution >= 4 is 16.8 Å². The normalized spacial score (nSPS) is 12.9. The second-order valence-corrected chi connectivity index (χ2v) is 3.24. The monoisotopic (exact) mass is 228 g/mol. The molecule has 0 aliphatic heterocycles. The second-order valence-electron chi connectivity index (χ2n) is 2.89. The van der Waals surface area contributed by atoms with Gasteiger partial charge in [0.1, 0.15) is 0 Å². The van der Waals surface area contributed by atoms with E-state index in [1.54, 1.807) is 6.08 Å².